The van der Waals surface area contributed by atoms with E-state index in [1.807, 2.05) is 4.68 Å². The van der Waals surface area contributed by atoms with Gasteiger partial charge in [0.2, 0.25) is 0 Å². The van der Waals surface area contributed by atoms with Crippen LogP contribution in [0.3, 0.4) is 0 Å². The monoisotopic (exact) mass is 328 g/mol. The molecule has 3 aromatic heterocycles. The van der Waals surface area contributed by atoms with Gasteiger partial charge in [-0.2, -0.15) is 11.3 Å². The van der Waals surface area contributed by atoms with E-state index in [1.54, 1.807) is 23.7 Å². The van der Waals surface area contributed by atoms with Crippen molar-refractivity contribution in [3.8, 4) is 11.3 Å². The Labute approximate surface area is 137 Å². The van der Waals surface area contributed by atoms with Gasteiger partial charge < -0.3 is 10.1 Å². The van der Waals surface area contributed by atoms with Crippen molar-refractivity contribution in [1.29, 1.82) is 0 Å². The van der Waals surface area contributed by atoms with Crippen LogP contribution in [0.15, 0.2) is 35.5 Å². The number of nitrogens with zero attached hydrogens (tertiary/aromatic N) is 5. The summed E-state index contributed by atoms with van der Waals surface area (Å²) in [4.78, 5) is 8.06. The molecule has 0 saturated heterocycles. The van der Waals surface area contributed by atoms with E-state index in [0.717, 1.165) is 30.0 Å². The summed E-state index contributed by atoms with van der Waals surface area (Å²) >= 11 is 1.71. The summed E-state index contributed by atoms with van der Waals surface area (Å²) in [6.07, 6.45) is 5.09. The third-order valence-corrected chi connectivity index (χ3v) is 4.52. The van der Waals surface area contributed by atoms with Gasteiger partial charge in [0.25, 0.3) is 0 Å². The molecule has 0 saturated carbocycles. The SMILES string of the molecule is c1ncc(-c2nnn3c2COC(CNCc2ccsc2)C3)cn1. The Morgan fingerprint density at radius 2 is 2.26 bits per heavy atom. The first-order valence-corrected chi connectivity index (χ1v) is 8.35. The molecule has 1 aliphatic rings. The van der Waals surface area contributed by atoms with Gasteiger partial charge in [-0.15, -0.1) is 5.10 Å². The van der Waals surface area contributed by atoms with E-state index in [4.69, 9.17) is 4.74 Å². The third-order valence-electron chi connectivity index (χ3n) is 3.79. The molecule has 1 unspecified atom stereocenters. The minimum absolute atomic E-state index is 0.0997. The molecule has 0 amide bonds. The predicted octanol–water partition coefficient (Wildman–Crippen LogP) is 1.49. The lowest BCUT2D eigenvalue weighted by Gasteiger charge is -2.24. The van der Waals surface area contributed by atoms with E-state index in [-0.39, 0.29) is 6.10 Å². The van der Waals surface area contributed by atoms with Crippen molar-refractivity contribution in [3.63, 3.8) is 0 Å². The Morgan fingerprint density at radius 1 is 1.35 bits per heavy atom. The van der Waals surface area contributed by atoms with Crippen molar-refractivity contribution >= 4 is 11.3 Å². The molecule has 0 radical (unpaired) electrons. The Kier molecular flexibility index (Phi) is 4.10. The van der Waals surface area contributed by atoms with Gasteiger partial charge in [0.05, 0.1) is 24.9 Å². The Bertz CT molecular complexity index is 758. The summed E-state index contributed by atoms with van der Waals surface area (Å²) in [5, 5.41) is 16.2. The van der Waals surface area contributed by atoms with Gasteiger partial charge in [0.1, 0.15) is 12.0 Å². The van der Waals surface area contributed by atoms with Crippen molar-refractivity contribution in [3.05, 3.63) is 46.8 Å². The number of hydrogen-bond donors (Lipinski definition) is 1. The maximum Gasteiger partial charge on any atom is 0.121 e. The Morgan fingerprint density at radius 3 is 3.09 bits per heavy atom. The lowest BCUT2D eigenvalue weighted by Crippen LogP contribution is -2.36. The zero-order valence-electron chi connectivity index (χ0n) is 12.4. The number of ether oxygens (including phenoxy) is 1. The van der Waals surface area contributed by atoms with Crippen molar-refractivity contribution in [2.75, 3.05) is 6.54 Å². The molecule has 23 heavy (non-hydrogen) atoms. The van der Waals surface area contributed by atoms with Gasteiger partial charge >= 0.3 is 0 Å². The fraction of sp³-hybridized carbons (Fsp3) is 0.333. The molecular formula is C15H16N6OS. The van der Waals surface area contributed by atoms with Crippen LogP contribution >= 0.6 is 11.3 Å². The summed E-state index contributed by atoms with van der Waals surface area (Å²) in [5.74, 6) is 0. The minimum Gasteiger partial charge on any atom is -0.369 e. The maximum atomic E-state index is 5.94. The van der Waals surface area contributed by atoms with Crippen LogP contribution in [-0.2, 0) is 24.4 Å². The van der Waals surface area contributed by atoms with Crippen LogP contribution in [-0.4, -0.2) is 37.6 Å². The average Bonchev–Trinajstić information content (AvgIpc) is 3.25. The highest BCUT2D eigenvalue weighted by Gasteiger charge is 2.24. The van der Waals surface area contributed by atoms with E-state index in [9.17, 15) is 0 Å². The summed E-state index contributed by atoms with van der Waals surface area (Å²) in [6, 6.07) is 2.13. The van der Waals surface area contributed by atoms with Crippen molar-refractivity contribution in [2.45, 2.75) is 25.8 Å². The standard InChI is InChI=1S/C15H16N6OS/c1-2-23-9-11(1)3-16-6-13-7-21-14(8-22-13)15(19-20-21)12-4-17-10-18-5-12/h1-2,4-5,9-10,13,16H,3,6-8H2. The first kappa shape index (κ1) is 14.4. The number of hydrogen-bond acceptors (Lipinski definition) is 7. The van der Waals surface area contributed by atoms with E-state index in [0.29, 0.717) is 13.2 Å². The molecule has 118 valence electrons. The van der Waals surface area contributed by atoms with Gasteiger partial charge in [-0.1, -0.05) is 5.21 Å². The second-order valence-electron chi connectivity index (χ2n) is 5.39. The van der Waals surface area contributed by atoms with Crippen molar-refractivity contribution in [2.24, 2.45) is 0 Å². The lowest BCUT2D eigenvalue weighted by atomic mass is 10.2. The third kappa shape index (κ3) is 3.14. The van der Waals surface area contributed by atoms with Gasteiger partial charge in [-0.05, 0) is 22.4 Å². The summed E-state index contributed by atoms with van der Waals surface area (Å²) in [6.45, 7) is 2.85. The molecule has 0 aliphatic carbocycles. The van der Waals surface area contributed by atoms with E-state index >= 15 is 0 Å². The molecule has 1 N–H and O–H groups in total. The van der Waals surface area contributed by atoms with E-state index in [1.165, 1.54) is 11.9 Å². The fourth-order valence-electron chi connectivity index (χ4n) is 2.60. The highest BCUT2D eigenvalue weighted by molar-refractivity contribution is 7.07. The Balaban J connectivity index is 1.39. The quantitative estimate of drug-likeness (QED) is 0.764. The summed E-state index contributed by atoms with van der Waals surface area (Å²) in [5.41, 5.74) is 3.95. The van der Waals surface area contributed by atoms with Gasteiger partial charge in [0, 0.05) is 31.0 Å². The first-order chi connectivity index (χ1) is 11.4. The second-order valence-corrected chi connectivity index (χ2v) is 6.17. The molecule has 1 atom stereocenters. The zero-order chi connectivity index (χ0) is 15.5. The average molecular weight is 328 g/mol. The van der Waals surface area contributed by atoms with Crippen LogP contribution < -0.4 is 5.32 Å². The number of rotatable bonds is 5. The fourth-order valence-corrected chi connectivity index (χ4v) is 3.27. The molecule has 4 heterocycles. The number of thiophene rings is 1. The molecular weight excluding hydrogens is 312 g/mol. The molecule has 3 aromatic rings. The van der Waals surface area contributed by atoms with Crippen LogP contribution in [0.1, 0.15) is 11.3 Å². The maximum absolute atomic E-state index is 5.94. The summed E-state index contributed by atoms with van der Waals surface area (Å²) in [7, 11) is 0. The normalized spacial score (nSPS) is 17.1. The molecule has 8 heteroatoms. The largest absolute Gasteiger partial charge is 0.369 e. The smallest absolute Gasteiger partial charge is 0.121 e. The van der Waals surface area contributed by atoms with Crippen LogP contribution in [0.2, 0.25) is 0 Å². The van der Waals surface area contributed by atoms with Crippen LogP contribution in [0.5, 0.6) is 0 Å². The molecule has 7 nitrogen and oxygen atoms in total. The van der Waals surface area contributed by atoms with Gasteiger partial charge in [0.15, 0.2) is 0 Å². The topological polar surface area (TPSA) is 77.8 Å². The molecule has 0 spiro atoms. The minimum atomic E-state index is 0.0997. The van der Waals surface area contributed by atoms with Crippen LogP contribution in [0.4, 0.5) is 0 Å². The first-order valence-electron chi connectivity index (χ1n) is 7.41. The molecule has 4 rings (SSSR count). The van der Waals surface area contributed by atoms with Crippen LogP contribution in [0, 0.1) is 0 Å². The highest BCUT2D eigenvalue weighted by Crippen LogP contribution is 2.23. The van der Waals surface area contributed by atoms with Crippen LogP contribution in [0.25, 0.3) is 11.3 Å². The summed E-state index contributed by atoms with van der Waals surface area (Å²) < 4.78 is 7.86. The number of fused-ring (bicyclic) bond motifs is 1. The predicted molar refractivity (Wildman–Crippen MR) is 85.7 cm³/mol. The van der Waals surface area contributed by atoms with E-state index in [2.05, 4.69) is 42.4 Å². The second kappa shape index (κ2) is 6.53. The molecule has 0 bridgehead atoms. The lowest BCUT2D eigenvalue weighted by molar-refractivity contribution is 0.00125. The van der Waals surface area contributed by atoms with Crippen molar-refractivity contribution in [1.82, 2.24) is 30.3 Å². The van der Waals surface area contributed by atoms with Gasteiger partial charge in [-0.25, -0.2) is 14.6 Å². The molecule has 1 aliphatic heterocycles. The van der Waals surface area contributed by atoms with Gasteiger partial charge in [-0.3, -0.25) is 0 Å². The molecule has 0 aromatic carbocycles. The number of nitrogens with one attached hydrogen (secondary N) is 1. The highest BCUT2D eigenvalue weighted by atomic mass is 32.1. The van der Waals surface area contributed by atoms with E-state index < -0.39 is 0 Å². The zero-order valence-corrected chi connectivity index (χ0v) is 13.2. The molecule has 0 fully saturated rings. The Hall–Kier alpha value is -2.16. The van der Waals surface area contributed by atoms with Crippen molar-refractivity contribution < 1.29 is 4.74 Å². The number of aromatic nitrogens is 5.